The van der Waals surface area contributed by atoms with Gasteiger partial charge in [0.2, 0.25) is 0 Å². The van der Waals surface area contributed by atoms with Gasteiger partial charge in [0.25, 0.3) is 5.91 Å². The molecule has 138 valence electrons. The summed E-state index contributed by atoms with van der Waals surface area (Å²) in [5.41, 5.74) is 5.97. The molecule has 5 nitrogen and oxygen atoms in total. The highest BCUT2D eigenvalue weighted by Gasteiger charge is 2.20. The summed E-state index contributed by atoms with van der Waals surface area (Å²) in [5.74, 6) is 0.731. The number of rotatable bonds is 4. The minimum absolute atomic E-state index is 0.0914. The Morgan fingerprint density at radius 2 is 2.04 bits per heavy atom. The summed E-state index contributed by atoms with van der Waals surface area (Å²) in [7, 11) is 0. The molecule has 0 saturated heterocycles. The first-order valence-corrected chi connectivity index (χ1v) is 9.38. The molecule has 5 heteroatoms. The number of likely N-dealkylation sites (N-methyl/N-ethyl adjacent to an activating group) is 1. The van der Waals surface area contributed by atoms with Crippen molar-refractivity contribution in [1.29, 1.82) is 0 Å². The third-order valence-electron chi connectivity index (χ3n) is 5.27. The number of anilines is 2. The van der Waals surface area contributed by atoms with Gasteiger partial charge in [-0.25, -0.2) is 4.98 Å². The summed E-state index contributed by atoms with van der Waals surface area (Å²) in [6.45, 7) is 8.14. The molecule has 1 aliphatic heterocycles. The van der Waals surface area contributed by atoms with Crippen LogP contribution in [-0.4, -0.2) is 28.5 Å². The molecule has 0 radical (unpaired) electrons. The van der Waals surface area contributed by atoms with Crippen molar-refractivity contribution in [2.24, 2.45) is 0 Å². The number of benzene rings is 1. The molecule has 0 saturated carbocycles. The van der Waals surface area contributed by atoms with Crippen LogP contribution in [0.1, 0.15) is 34.2 Å². The Morgan fingerprint density at radius 1 is 1.19 bits per heavy atom. The maximum absolute atomic E-state index is 12.9. The normalized spacial score (nSPS) is 12.9. The molecule has 0 spiro atoms. The van der Waals surface area contributed by atoms with E-state index in [4.69, 9.17) is 0 Å². The van der Waals surface area contributed by atoms with Crippen molar-refractivity contribution in [3.8, 4) is 5.82 Å². The van der Waals surface area contributed by atoms with Gasteiger partial charge in [-0.1, -0.05) is 12.1 Å². The Kier molecular flexibility index (Phi) is 4.44. The van der Waals surface area contributed by atoms with Crippen molar-refractivity contribution in [3.05, 3.63) is 71.2 Å². The Balaban J connectivity index is 1.62. The number of nitrogens with one attached hydrogen (secondary N) is 1. The summed E-state index contributed by atoms with van der Waals surface area (Å²) in [4.78, 5) is 19.7. The highest BCUT2D eigenvalue weighted by molar-refractivity contribution is 6.05. The van der Waals surface area contributed by atoms with Crippen LogP contribution in [0.25, 0.3) is 5.82 Å². The van der Waals surface area contributed by atoms with Gasteiger partial charge in [-0.3, -0.25) is 4.79 Å². The second-order valence-corrected chi connectivity index (χ2v) is 6.94. The van der Waals surface area contributed by atoms with Crippen LogP contribution in [0.3, 0.4) is 0 Å². The van der Waals surface area contributed by atoms with Gasteiger partial charge >= 0.3 is 0 Å². The number of aromatic nitrogens is 2. The Labute approximate surface area is 159 Å². The fourth-order valence-corrected chi connectivity index (χ4v) is 3.88. The molecule has 0 fully saturated rings. The molecular weight excluding hydrogens is 336 g/mol. The zero-order chi connectivity index (χ0) is 19.0. The number of nitrogens with zero attached hydrogens (tertiary/aromatic N) is 3. The SMILES string of the molecule is CCN1CCc2ccc(NC(=O)c3cc(C)n(-c4ccccn4)c3C)cc21. The van der Waals surface area contributed by atoms with Crippen LogP contribution < -0.4 is 10.2 Å². The lowest BCUT2D eigenvalue weighted by Gasteiger charge is -2.17. The highest BCUT2D eigenvalue weighted by atomic mass is 16.1. The molecule has 0 unspecified atom stereocenters. The van der Waals surface area contributed by atoms with Gasteiger partial charge < -0.3 is 14.8 Å². The molecule has 1 aliphatic rings. The van der Waals surface area contributed by atoms with E-state index >= 15 is 0 Å². The Hall–Kier alpha value is -3.08. The minimum atomic E-state index is -0.0914. The zero-order valence-electron chi connectivity index (χ0n) is 16.0. The van der Waals surface area contributed by atoms with Crippen LogP contribution in [0, 0.1) is 13.8 Å². The van der Waals surface area contributed by atoms with Gasteiger partial charge in [0.05, 0.1) is 5.56 Å². The van der Waals surface area contributed by atoms with Gasteiger partial charge in [0, 0.05) is 42.0 Å². The minimum Gasteiger partial charge on any atom is -0.371 e. The van der Waals surface area contributed by atoms with E-state index in [0.717, 1.165) is 42.4 Å². The van der Waals surface area contributed by atoms with Crippen molar-refractivity contribution in [2.75, 3.05) is 23.3 Å². The van der Waals surface area contributed by atoms with E-state index in [1.807, 2.05) is 48.7 Å². The number of hydrogen-bond acceptors (Lipinski definition) is 3. The molecule has 1 aromatic carbocycles. The second-order valence-electron chi connectivity index (χ2n) is 6.94. The molecule has 3 aromatic rings. The lowest BCUT2D eigenvalue weighted by molar-refractivity contribution is 0.102. The van der Waals surface area contributed by atoms with E-state index in [0.29, 0.717) is 5.56 Å². The monoisotopic (exact) mass is 360 g/mol. The maximum atomic E-state index is 12.9. The first-order chi connectivity index (χ1) is 13.1. The van der Waals surface area contributed by atoms with Gasteiger partial charge in [-0.15, -0.1) is 0 Å². The van der Waals surface area contributed by atoms with E-state index in [2.05, 4.69) is 34.3 Å². The van der Waals surface area contributed by atoms with Crippen LogP contribution in [-0.2, 0) is 6.42 Å². The summed E-state index contributed by atoms with van der Waals surface area (Å²) in [6.07, 6.45) is 2.83. The number of fused-ring (bicyclic) bond motifs is 1. The van der Waals surface area contributed by atoms with Crippen molar-refractivity contribution in [3.63, 3.8) is 0 Å². The second kappa shape index (κ2) is 6.91. The van der Waals surface area contributed by atoms with Crippen molar-refractivity contribution < 1.29 is 4.79 Å². The molecule has 1 N–H and O–H groups in total. The number of hydrogen-bond donors (Lipinski definition) is 1. The molecular formula is C22H24N4O. The number of carbonyl (C=O) groups is 1. The number of aryl methyl sites for hydroxylation is 1. The Morgan fingerprint density at radius 3 is 2.78 bits per heavy atom. The van der Waals surface area contributed by atoms with Crippen LogP contribution in [0.5, 0.6) is 0 Å². The van der Waals surface area contributed by atoms with Crippen molar-refractivity contribution >= 4 is 17.3 Å². The van der Waals surface area contributed by atoms with Crippen LogP contribution in [0.4, 0.5) is 11.4 Å². The Bertz CT molecular complexity index is 991. The molecule has 4 rings (SSSR count). The average Bonchev–Trinajstić information content (AvgIpc) is 3.22. The number of carbonyl (C=O) groups excluding carboxylic acids is 1. The fourth-order valence-electron chi connectivity index (χ4n) is 3.88. The van der Waals surface area contributed by atoms with Crippen molar-refractivity contribution in [2.45, 2.75) is 27.2 Å². The van der Waals surface area contributed by atoms with Gasteiger partial charge in [0.15, 0.2) is 0 Å². The molecule has 27 heavy (non-hydrogen) atoms. The molecule has 0 atom stereocenters. The van der Waals surface area contributed by atoms with E-state index < -0.39 is 0 Å². The van der Waals surface area contributed by atoms with E-state index in [9.17, 15) is 4.79 Å². The summed E-state index contributed by atoms with van der Waals surface area (Å²) in [5, 5.41) is 3.07. The first kappa shape index (κ1) is 17.3. The lowest BCUT2D eigenvalue weighted by atomic mass is 10.1. The molecule has 2 aromatic heterocycles. The predicted molar refractivity (Wildman–Crippen MR) is 109 cm³/mol. The lowest BCUT2D eigenvalue weighted by Crippen LogP contribution is -2.19. The highest BCUT2D eigenvalue weighted by Crippen LogP contribution is 2.31. The largest absolute Gasteiger partial charge is 0.371 e. The topological polar surface area (TPSA) is 50.2 Å². The van der Waals surface area contributed by atoms with E-state index in [1.54, 1.807) is 6.20 Å². The molecule has 0 bridgehead atoms. The average molecular weight is 360 g/mol. The van der Waals surface area contributed by atoms with Crippen LogP contribution in [0.15, 0.2) is 48.7 Å². The van der Waals surface area contributed by atoms with E-state index in [1.165, 1.54) is 11.3 Å². The van der Waals surface area contributed by atoms with Gasteiger partial charge in [-0.2, -0.15) is 0 Å². The molecule has 0 aliphatic carbocycles. The smallest absolute Gasteiger partial charge is 0.257 e. The zero-order valence-corrected chi connectivity index (χ0v) is 16.0. The van der Waals surface area contributed by atoms with Gasteiger partial charge in [-0.05, 0) is 63.1 Å². The maximum Gasteiger partial charge on any atom is 0.257 e. The molecule has 3 heterocycles. The summed E-state index contributed by atoms with van der Waals surface area (Å²) >= 11 is 0. The van der Waals surface area contributed by atoms with Gasteiger partial charge in [0.1, 0.15) is 5.82 Å². The van der Waals surface area contributed by atoms with E-state index in [-0.39, 0.29) is 5.91 Å². The summed E-state index contributed by atoms with van der Waals surface area (Å²) in [6, 6.07) is 13.9. The third kappa shape index (κ3) is 3.10. The number of pyridine rings is 1. The third-order valence-corrected chi connectivity index (χ3v) is 5.27. The van der Waals surface area contributed by atoms with Crippen LogP contribution >= 0.6 is 0 Å². The van der Waals surface area contributed by atoms with Crippen LogP contribution in [0.2, 0.25) is 0 Å². The predicted octanol–water partition coefficient (Wildman–Crippen LogP) is 4.12. The fraction of sp³-hybridized carbons (Fsp3) is 0.273. The van der Waals surface area contributed by atoms with Crippen molar-refractivity contribution in [1.82, 2.24) is 9.55 Å². The quantitative estimate of drug-likeness (QED) is 0.761. The summed E-state index contributed by atoms with van der Waals surface area (Å²) < 4.78 is 2.01. The molecule has 1 amide bonds. The number of amides is 1. The first-order valence-electron chi connectivity index (χ1n) is 9.38. The standard InChI is InChI=1S/C22H24N4O/c1-4-25-12-10-17-8-9-18(14-20(17)25)24-22(27)19-13-15(2)26(16(19)3)21-7-5-6-11-23-21/h5-9,11,13-14H,4,10,12H2,1-3H3,(H,24,27).